The lowest BCUT2D eigenvalue weighted by molar-refractivity contribution is 0.702. The second kappa shape index (κ2) is 8.31. The number of fused-ring (bicyclic) bond motifs is 1. The Bertz CT molecular complexity index is 956. The Morgan fingerprint density at radius 2 is 1.86 bits per heavy atom. The number of benzene rings is 2. The van der Waals surface area contributed by atoms with Gasteiger partial charge in [-0.15, -0.1) is 0 Å². The number of hydrogen-bond acceptors (Lipinski definition) is 4. The van der Waals surface area contributed by atoms with E-state index in [1.54, 1.807) is 0 Å². The first-order chi connectivity index (χ1) is 13.6. The fraction of sp³-hybridized carbons (Fsp3) is 0.304. The van der Waals surface area contributed by atoms with E-state index in [0.29, 0.717) is 0 Å². The second-order valence-electron chi connectivity index (χ2n) is 7.55. The number of nitrogens with zero attached hydrogens (tertiary/aromatic N) is 3. The largest absolute Gasteiger partial charge is 0.366 e. The Hall–Kier alpha value is -2.40. The highest BCUT2D eigenvalue weighted by Crippen LogP contribution is 2.28. The van der Waals surface area contributed by atoms with Crippen LogP contribution in [0.1, 0.15) is 42.3 Å². The van der Waals surface area contributed by atoms with Crippen LogP contribution in [0.3, 0.4) is 0 Å². The van der Waals surface area contributed by atoms with Crippen LogP contribution >= 0.6 is 15.9 Å². The molecule has 2 heterocycles. The SMILES string of the molecule is CC(C)c1nc(NCc2ccccc2)cc(N2CCc3ccc(Br)cc3C2)n1. The van der Waals surface area contributed by atoms with Crippen LogP contribution in [0.25, 0.3) is 0 Å². The fourth-order valence-corrected chi connectivity index (χ4v) is 3.88. The van der Waals surface area contributed by atoms with Gasteiger partial charge in [0.15, 0.2) is 0 Å². The van der Waals surface area contributed by atoms with Crippen LogP contribution < -0.4 is 10.2 Å². The minimum Gasteiger partial charge on any atom is -0.366 e. The smallest absolute Gasteiger partial charge is 0.135 e. The van der Waals surface area contributed by atoms with Gasteiger partial charge in [-0.3, -0.25) is 0 Å². The van der Waals surface area contributed by atoms with E-state index in [0.717, 1.165) is 48.0 Å². The average molecular weight is 437 g/mol. The summed E-state index contributed by atoms with van der Waals surface area (Å²) in [5.41, 5.74) is 4.04. The molecule has 144 valence electrons. The fourth-order valence-electron chi connectivity index (χ4n) is 3.47. The monoisotopic (exact) mass is 436 g/mol. The Labute approximate surface area is 175 Å². The number of aromatic nitrogens is 2. The van der Waals surface area contributed by atoms with Gasteiger partial charge < -0.3 is 10.2 Å². The third-order valence-corrected chi connectivity index (χ3v) is 5.56. The van der Waals surface area contributed by atoms with Crippen LogP contribution in [0, 0.1) is 0 Å². The first-order valence-electron chi connectivity index (χ1n) is 9.77. The van der Waals surface area contributed by atoms with Crippen molar-refractivity contribution in [2.45, 2.75) is 39.3 Å². The summed E-state index contributed by atoms with van der Waals surface area (Å²) in [6, 6.07) is 19.1. The Balaban J connectivity index is 1.58. The number of rotatable bonds is 5. The Kier molecular flexibility index (Phi) is 5.62. The van der Waals surface area contributed by atoms with E-state index in [1.165, 1.54) is 16.7 Å². The molecule has 1 aliphatic heterocycles. The molecular weight excluding hydrogens is 412 g/mol. The zero-order chi connectivity index (χ0) is 19.5. The van der Waals surface area contributed by atoms with Gasteiger partial charge in [0.2, 0.25) is 0 Å². The molecule has 4 rings (SSSR count). The van der Waals surface area contributed by atoms with Gasteiger partial charge in [0.05, 0.1) is 0 Å². The number of hydrogen-bond donors (Lipinski definition) is 1. The summed E-state index contributed by atoms with van der Waals surface area (Å²) < 4.78 is 1.13. The lowest BCUT2D eigenvalue weighted by Crippen LogP contribution is -2.31. The number of nitrogens with one attached hydrogen (secondary N) is 1. The summed E-state index contributed by atoms with van der Waals surface area (Å²) in [5.74, 6) is 3.05. The van der Waals surface area contributed by atoms with Crippen molar-refractivity contribution in [2.24, 2.45) is 0 Å². The van der Waals surface area contributed by atoms with Gasteiger partial charge in [0.1, 0.15) is 17.5 Å². The second-order valence-corrected chi connectivity index (χ2v) is 8.46. The predicted molar refractivity (Wildman–Crippen MR) is 119 cm³/mol. The molecule has 0 aliphatic carbocycles. The minimum atomic E-state index is 0.281. The van der Waals surface area contributed by atoms with Crippen molar-refractivity contribution in [2.75, 3.05) is 16.8 Å². The molecule has 1 N–H and O–H groups in total. The maximum Gasteiger partial charge on any atom is 0.135 e. The molecule has 0 spiro atoms. The normalized spacial score (nSPS) is 13.5. The highest BCUT2D eigenvalue weighted by molar-refractivity contribution is 9.10. The summed E-state index contributed by atoms with van der Waals surface area (Å²) in [6.45, 7) is 6.89. The first-order valence-corrected chi connectivity index (χ1v) is 10.6. The lowest BCUT2D eigenvalue weighted by atomic mass is 10.00. The molecule has 3 aromatic rings. The van der Waals surface area contributed by atoms with Crippen molar-refractivity contribution in [3.8, 4) is 0 Å². The average Bonchev–Trinajstić information content (AvgIpc) is 2.72. The van der Waals surface area contributed by atoms with E-state index in [4.69, 9.17) is 9.97 Å². The van der Waals surface area contributed by atoms with Gasteiger partial charge in [0.25, 0.3) is 0 Å². The standard InChI is InChI=1S/C23H25BrN4/c1-16(2)23-26-21(25-14-17-6-4-3-5-7-17)13-22(27-23)28-11-10-18-8-9-20(24)12-19(18)15-28/h3-9,12-13,16H,10-11,14-15H2,1-2H3,(H,25,26,27). The molecule has 1 aliphatic rings. The summed E-state index contributed by atoms with van der Waals surface area (Å²) >= 11 is 3.60. The topological polar surface area (TPSA) is 41.1 Å². The third kappa shape index (κ3) is 4.36. The molecule has 0 fully saturated rings. The van der Waals surface area contributed by atoms with Crippen LogP contribution in [-0.4, -0.2) is 16.5 Å². The van der Waals surface area contributed by atoms with Crippen LogP contribution in [0.2, 0.25) is 0 Å². The van der Waals surface area contributed by atoms with E-state index in [-0.39, 0.29) is 5.92 Å². The molecule has 0 unspecified atom stereocenters. The third-order valence-electron chi connectivity index (χ3n) is 5.07. The predicted octanol–water partition coefficient (Wildman–Crippen LogP) is 5.54. The van der Waals surface area contributed by atoms with Gasteiger partial charge in [-0.1, -0.05) is 66.2 Å². The van der Waals surface area contributed by atoms with Crippen molar-refractivity contribution in [3.05, 3.63) is 81.6 Å². The first kappa shape index (κ1) is 18.9. The summed E-state index contributed by atoms with van der Waals surface area (Å²) in [4.78, 5) is 12.0. The molecular formula is C23H25BrN4. The van der Waals surface area contributed by atoms with Gasteiger partial charge in [-0.05, 0) is 35.2 Å². The van der Waals surface area contributed by atoms with Crippen molar-refractivity contribution in [1.82, 2.24) is 9.97 Å². The van der Waals surface area contributed by atoms with Crippen molar-refractivity contribution < 1.29 is 0 Å². The van der Waals surface area contributed by atoms with Crippen LogP contribution in [0.15, 0.2) is 59.1 Å². The molecule has 0 radical (unpaired) electrons. The van der Waals surface area contributed by atoms with E-state index in [1.807, 2.05) is 6.07 Å². The van der Waals surface area contributed by atoms with Crippen molar-refractivity contribution >= 4 is 27.6 Å². The summed E-state index contributed by atoms with van der Waals surface area (Å²) in [5, 5.41) is 3.48. The Morgan fingerprint density at radius 3 is 2.64 bits per heavy atom. The molecule has 5 heteroatoms. The molecule has 0 saturated heterocycles. The molecule has 0 amide bonds. The van der Waals surface area contributed by atoms with Crippen molar-refractivity contribution in [3.63, 3.8) is 0 Å². The molecule has 2 aromatic carbocycles. The highest BCUT2D eigenvalue weighted by atomic mass is 79.9. The zero-order valence-corrected chi connectivity index (χ0v) is 17.9. The maximum atomic E-state index is 4.87. The van der Waals surface area contributed by atoms with E-state index >= 15 is 0 Å². The van der Waals surface area contributed by atoms with Crippen LogP contribution in [0.5, 0.6) is 0 Å². The molecule has 1 aromatic heterocycles. The molecule has 0 atom stereocenters. The highest BCUT2D eigenvalue weighted by Gasteiger charge is 2.19. The van der Waals surface area contributed by atoms with E-state index in [9.17, 15) is 0 Å². The van der Waals surface area contributed by atoms with E-state index in [2.05, 4.69) is 88.5 Å². The summed E-state index contributed by atoms with van der Waals surface area (Å²) in [7, 11) is 0. The molecule has 28 heavy (non-hydrogen) atoms. The van der Waals surface area contributed by atoms with Gasteiger partial charge in [-0.2, -0.15) is 0 Å². The zero-order valence-electron chi connectivity index (χ0n) is 16.3. The molecule has 0 saturated carbocycles. The lowest BCUT2D eigenvalue weighted by Gasteiger charge is -2.30. The molecule has 4 nitrogen and oxygen atoms in total. The van der Waals surface area contributed by atoms with Gasteiger partial charge >= 0.3 is 0 Å². The van der Waals surface area contributed by atoms with Crippen LogP contribution in [-0.2, 0) is 19.5 Å². The number of halogens is 1. The maximum absolute atomic E-state index is 4.87. The van der Waals surface area contributed by atoms with Crippen molar-refractivity contribution in [1.29, 1.82) is 0 Å². The van der Waals surface area contributed by atoms with E-state index < -0.39 is 0 Å². The minimum absolute atomic E-state index is 0.281. The number of anilines is 2. The summed E-state index contributed by atoms with van der Waals surface area (Å²) in [6.07, 6.45) is 1.04. The van der Waals surface area contributed by atoms with Gasteiger partial charge in [-0.25, -0.2) is 9.97 Å². The quantitative estimate of drug-likeness (QED) is 0.569. The van der Waals surface area contributed by atoms with Gasteiger partial charge in [0, 0.05) is 36.1 Å². The molecule has 0 bridgehead atoms. The van der Waals surface area contributed by atoms with Crippen LogP contribution in [0.4, 0.5) is 11.6 Å². The Morgan fingerprint density at radius 1 is 1.04 bits per heavy atom.